The molecule has 0 radical (unpaired) electrons. The molecule has 10 N–H and O–H groups in total. The van der Waals surface area contributed by atoms with Crippen LogP contribution in [0.2, 0.25) is 0 Å². The number of phenols is 2. The Morgan fingerprint density at radius 1 is 0.600 bits per heavy atom. The van der Waals surface area contributed by atoms with Gasteiger partial charge in [-0.05, 0) is 12.1 Å². The van der Waals surface area contributed by atoms with Crippen LogP contribution in [0.3, 0.4) is 0 Å². The van der Waals surface area contributed by atoms with Gasteiger partial charge in [0.2, 0.25) is 0 Å². The van der Waals surface area contributed by atoms with Crippen LogP contribution in [0.25, 0.3) is 22.1 Å². The van der Waals surface area contributed by atoms with Crippen LogP contribution in [0.15, 0.2) is 12.1 Å². The molecule has 20 heavy (non-hydrogen) atoms. The van der Waals surface area contributed by atoms with Crippen molar-refractivity contribution in [2.75, 3.05) is 22.9 Å². The molecule has 0 amide bonds. The van der Waals surface area contributed by atoms with Gasteiger partial charge < -0.3 is 33.1 Å². The van der Waals surface area contributed by atoms with Gasteiger partial charge in [0.15, 0.2) is 11.5 Å². The first-order valence-corrected chi connectivity index (χ1v) is 5.65. The number of nitrogens with two attached hydrogens (primary N) is 4. The molecule has 0 saturated heterocycles. The fourth-order valence-corrected chi connectivity index (χ4v) is 2.05. The predicted octanol–water partition coefficient (Wildman–Crippen LogP) is 0.523. The summed E-state index contributed by atoms with van der Waals surface area (Å²) in [6, 6.07) is 2.76. The molecule has 0 saturated carbocycles. The molecule has 8 heteroatoms. The normalized spacial score (nSPS) is 11.2. The Morgan fingerprint density at radius 2 is 0.950 bits per heavy atom. The van der Waals surface area contributed by atoms with Crippen molar-refractivity contribution in [2.45, 2.75) is 0 Å². The van der Waals surface area contributed by atoms with Crippen LogP contribution < -0.4 is 22.9 Å². The van der Waals surface area contributed by atoms with Gasteiger partial charge in [-0.15, -0.1) is 0 Å². The van der Waals surface area contributed by atoms with E-state index in [1.807, 2.05) is 0 Å². The number of fused-ring (bicyclic) bond motifs is 2. The molecule has 1 aromatic heterocycles. The second-order valence-electron chi connectivity index (χ2n) is 4.43. The molecule has 0 unspecified atom stereocenters. The van der Waals surface area contributed by atoms with Crippen LogP contribution in [0.1, 0.15) is 0 Å². The van der Waals surface area contributed by atoms with Crippen molar-refractivity contribution in [3.8, 4) is 11.5 Å². The molecule has 2 aromatic carbocycles. The summed E-state index contributed by atoms with van der Waals surface area (Å²) in [5, 5.41) is 19.9. The van der Waals surface area contributed by atoms with Crippen molar-refractivity contribution < 1.29 is 10.2 Å². The Labute approximate surface area is 112 Å². The van der Waals surface area contributed by atoms with Crippen molar-refractivity contribution in [1.82, 2.24) is 9.97 Å². The third-order valence-corrected chi connectivity index (χ3v) is 3.06. The molecule has 3 aromatic rings. The highest BCUT2D eigenvalue weighted by Crippen LogP contribution is 2.38. The molecule has 0 atom stereocenters. The van der Waals surface area contributed by atoms with E-state index in [1.54, 1.807) is 0 Å². The van der Waals surface area contributed by atoms with E-state index in [9.17, 15) is 10.2 Å². The van der Waals surface area contributed by atoms with E-state index in [1.165, 1.54) is 12.1 Å². The Kier molecular flexibility index (Phi) is 2.18. The maximum absolute atomic E-state index is 9.94. The van der Waals surface area contributed by atoms with Crippen molar-refractivity contribution in [3.05, 3.63) is 12.1 Å². The number of aromatic nitrogens is 2. The Hall–Kier alpha value is -3.16. The molecule has 0 aliphatic rings. The van der Waals surface area contributed by atoms with Gasteiger partial charge in [0, 0.05) is 0 Å². The second-order valence-corrected chi connectivity index (χ2v) is 4.43. The molecule has 102 valence electrons. The monoisotopic (exact) mass is 272 g/mol. The van der Waals surface area contributed by atoms with Crippen molar-refractivity contribution in [2.24, 2.45) is 0 Å². The van der Waals surface area contributed by atoms with Gasteiger partial charge in [-0.25, -0.2) is 9.97 Å². The number of hydrogen-bond acceptors (Lipinski definition) is 8. The van der Waals surface area contributed by atoms with E-state index in [0.717, 1.165) is 0 Å². The first kappa shape index (κ1) is 11.9. The van der Waals surface area contributed by atoms with Crippen molar-refractivity contribution in [3.63, 3.8) is 0 Å². The summed E-state index contributed by atoms with van der Waals surface area (Å²) >= 11 is 0. The van der Waals surface area contributed by atoms with Crippen LogP contribution in [0.4, 0.5) is 22.7 Å². The molecule has 3 rings (SSSR count). The number of hydrogen-bond donors (Lipinski definition) is 6. The van der Waals surface area contributed by atoms with Crippen LogP contribution in [-0.4, -0.2) is 20.2 Å². The largest absolute Gasteiger partial charge is 0.504 e. The summed E-state index contributed by atoms with van der Waals surface area (Å²) < 4.78 is 0. The lowest BCUT2D eigenvalue weighted by molar-refractivity contribution is 0.481. The second kappa shape index (κ2) is 3.67. The van der Waals surface area contributed by atoms with Crippen molar-refractivity contribution in [1.29, 1.82) is 0 Å². The Morgan fingerprint density at radius 3 is 1.35 bits per heavy atom. The molecular formula is C12H12N6O2. The highest BCUT2D eigenvalue weighted by atomic mass is 16.3. The summed E-state index contributed by atoms with van der Waals surface area (Å²) in [4.78, 5) is 8.37. The Balaban J connectivity index is 2.60. The van der Waals surface area contributed by atoms with E-state index < -0.39 is 0 Å². The first-order chi connectivity index (χ1) is 9.40. The van der Waals surface area contributed by atoms with E-state index in [0.29, 0.717) is 0 Å². The molecule has 0 aliphatic carbocycles. The van der Waals surface area contributed by atoms with Gasteiger partial charge in [0.05, 0.1) is 22.7 Å². The number of nitrogen functional groups attached to an aromatic ring is 4. The predicted molar refractivity (Wildman–Crippen MR) is 78.0 cm³/mol. The summed E-state index contributed by atoms with van der Waals surface area (Å²) in [5.41, 5.74) is 24.2. The van der Waals surface area contributed by atoms with Gasteiger partial charge in [-0.2, -0.15) is 0 Å². The lowest BCUT2D eigenvalue weighted by atomic mass is 10.1. The van der Waals surface area contributed by atoms with Gasteiger partial charge in [0.1, 0.15) is 22.1 Å². The maximum Gasteiger partial charge on any atom is 0.166 e. The smallest absolute Gasteiger partial charge is 0.166 e. The standard InChI is InChI=1S/C12H12N6O2/c13-3-1-5(15)11(19)9-7(3)17-8-4(14)2-6(16)12(20)10(8)18-9/h1-2,19-20H,13-16H2. The molecule has 0 spiro atoms. The summed E-state index contributed by atoms with van der Waals surface area (Å²) in [6.45, 7) is 0. The van der Waals surface area contributed by atoms with Crippen LogP contribution in [0, 0.1) is 0 Å². The van der Waals surface area contributed by atoms with Crippen LogP contribution in [-0.2, 0) is 0 Å². The van der Waals surface area contributed by atoms with Gasteiger partial charge in [-0.1, -0.05) is 0 Å². The van der Waals surface area contributed by atoms with Crippen molar-refractivity contribution >= 4 is 44.8 Å². The molecule has 8 nitrogen and oxygen atoms in total. The summed E-state index contributed by atoms with van der Waals surface area (Å²) in [6.07, 6.45) is 0. The van der Waals surface area contributed by atoms with E-state index in [2.05, 4.69) is 9.97 Å². The first-order valence-electron chi connectivity index (χ1n) is 5.65. The highest BCUT2D eigenvalue weighted by molar-refractivity contribution is 6.04. The molecule has 0 aliphatic heterocycles. The zero-order valence-corrected chi connectivity index (χ0v) is 10.3. The number of rotatable bonds is 0. The van der Waals surface area contributed by atoms with Gasteiger partial charge in [0.25, 0.3) is 0 Å². The summed E-state index contributed by atoms with van der Waals surface area (Å²) in [7, 11) is 0. The fraction of sp³-hybridized carbons (Fsp3) is 0. The maximum atomic E-state index is 9.94. The number of anilines is 4. The topological polar surface area (TPSA) is 170 Å². The highest BCUT2D eigenvalue weighted by Gasteiger charge is 2.16. The minimum atomic E-state index is -0.260. The zero-order chi connectivity index (χ0) is 14.6. The lowest BCUT2D eigenvalue weighted by Crippen LogP contribution is -2.00. The number of aromatic hydroxyl groups is 2. The minimum absolute atomic E-state index is 0.0695. The van der Waals surface area contributed by atoms with E-state index >= 15 is 0 Å². The third-order valence-electron chi connectivity index (χ3n) is 3.06. The van der Waals surface area contributed by atoms with Gasteiger partial charge >= 0.3 is 0 Å². The van der Waals surface area contributed by atoms with Crippen LogP contribution in [0.5, 0.6) is 11.5 Å². The van der Waals surface area contributed by atoms with Gasteiger partial charge in [-0.3, -0.25) is 0 Å². The summed E-state index contributed by atoms with van der Waals surface area (Å²) in [5.74, 6) is -0.520. The number of benzene rings is 2. The molecule has 1 heterocycles. The van der Waals surface area contributed by atoms with E-state index in [-0.39, 0.29) is 56.3 Å². The molecule has 0 bridgehead atoms. The number of phenolic OH excluding ortho intramolecular Hbond substituents is 2. The zero-order valence-electron chi connectivity index (χ0n) is 10.3. The molecular weight excluding hydrogens is 260 g/mol. The molecule has 0 fully saturated rings. The van der Waals surface area contributed by atoms with Crippen LogP contribution >= 0.6 is 0 Å². The number of nitrogens with zero attached hydrogens (tertiary/aromatic N) is 2. The fourth-order valence-electron chi connectivity index (χ4n) is 2.05. The quantitative estimate of drug-likeness (QED) is 0.149. The van der Waals surface area contributed by atoms with E-state index in [4.69, 9.17) is 22.9 Å². The SMILES string of the molecule is Nc1cc(N)c2nc3c(N)cc(N)c(O)c3nc2c1O. The average Bonchev–Trinajstić information content (AvgIpc) is 2.41. The Bertz CT molecular complexity index is 808. The lowest BCUT2D eigenvalue weighted by Gasteiger charge is -2.10. The average molecular weight is 272 g/mol. The minimum Gasteiger partial charge on any atom is -0.504 e. The third kappa shape index (κ3) is 1.41.